The van der Waals surface area contributed by atoms with E-state index in [-0.39, 0.29) is 16.3 Å². The van der Waals surface area contributed by atoms with Crippen molar-refractivity contribution >= 4 is 34.6 Å². The highest BCUT2D eigenvalue weighted by Gasteiger charge is 2.19. The zero-order valence-electron chi connectivity index (χ0n) is 15.6. The summed E-state index contributed by atoms with van der Waals surface area (Å²) in [6.07, 6.45) is 0. The largest absolute Gasteiger partial charge is 0.495 e. The minimum Gasteiger partial charge on any atom is -0.495 e. The number of nitro benzene ring substituents is 1. The Kier molecular flexibility index (Phi) is 7.42. The van der Waals surface area contributed by atoms with Gasteiger partial charge in [-0.15, -0.1) is 0 Å². The molecule has 0 saturated heterocycles. The lowest BCUT2D eigenvalue weighted by atomic mass is 10.1. The number of hydrogen-bond acceptors (Lipinski definition) is 7. The van der Waals surface area contributed by atoms with E-state index in [1.165, 1.54) is 44.6 Å². The van der Waals surface area contributed by atoms with Crippen molar-refractivity contribution in [1.29, 1.82) is 0 Å². The van der Waals surface area contributed by atoms with Gasteiger partial charge in [0.15, 0.2) is 0 Å². The van der Waals surface area contributed by atoms with Gasteiger partial charge in [-0.25, -0.2) is 0 Å². The fourth-order valence-corrected chi connectivity index (χ4v) is 2.66. The SMILES string of the molecule is COCCNc1ccc([N+](=O)[O-])cc1C(=O)Nc1cc(Cl)c(OC)cc1OC. The quantitative estimate of drug-likeness (QED) is 0.370. The molecule has 0 spiro atoms. The van der Waals surface area contributed by atoms with Gasteiger partial charge < -0.3 is 24.8 Å². The molecular weight excluding hydrogens is 390 g/mol. The van der Waals surface area contributed by atoms with Gasteiger partial charge in [-0.1, -0.05) is 11.6 Å². The number of carbonyl (C=O) groups is 1. The van der Waals surface area contributed by atoms with Crippen molar-refractivity contribution in [2.24, 2.45) is 0 Å². The standard InChI is InChI=1S/C18H20ClN3O6/c1-26-7-6-20-14-5-4-11(22(24)25)8-12(14)18(23)21-15-9-13(19)16(27-2)10-17(15)28-3/h4-5,8-10,20H,6-7H2,1-3H3,(H,21,23). The molecule has 150 valence electrons. The van der Waals surface area contributed by atoms with Crippen LogP contribution in [0.4, 0.5) is 17.1 Å². The summed E-state index contributed by atoms with van der Waals surface area (Å²) in [5.41, 5.74) is 0.618. The summed E-state index contributed by atoms with van der Waals surface area (Å²) < 4.78 is 15.4. The monoisotopic (exact) mass is 409 g/mol. The maximum atomic E-state index is 12.8. The van der Waals surface area contributed by atoms with Crippen LogP contribution in [0.1, 0.15) is 10.4 Å². The first-order valence-corrected chi connectivity index (χ1v) is 8.53. The minimum atomic E-state index is -0.569. The van der Waals surface area contributed by atoms with Crippen LogP contribution in [0.25, 0.3) is 0 Å². The Balaban J connectivity index is 2.38. The summed E-state index contributed by atoms with van der Waals surface area (Å²) >= 11 is 6.12. The summed E-state index contributed by atoms with van der Waals surface area (Å²) in [4.78, 5) is 23.4. The number of hydrogen-bond donors (Lipinski definition) is 2. The third-order valence-electron chi connectivity index (χ3n) is 3.80. The number of benzene rings is 2. The molecule has 0 radical (unpaired) electrons. The molecule has 0 aliphatic heterocycles. The normalized spacial score (nSPS) is 10.3. The lowest BCUT2D eigenvalue weighted by Crippen LogP contribution is -2.17. The fraction of sp³-hybridized carbons (Fsp3) is 0.278. The number of carbonyl (C=O) groups excluding carboxylic acids is 1. The van der Waals surface area contributed by atoms with Gasteiger partial charge in [0.05, 0.1) is 42.0 Å². The van der Waals surface area contributed by atoms with Crippen molar-refractivity contribution < 1.29 is 23.9 Å². The van der Waals surface area contributed by atoms with Crippen molar-refractivity contribution in [2.45, 2.75) is 0 Å². The van der Waals surface area contributed by atoms with Crippen LogP contribution in [-0.2, 0) is 4.74 Å². The van der Waals surface area contributed by atoms with Crippen LogP contribution >= 0.6 is 11.6 Å². The average molecular weight is 410 g/mol. The van der Waals surface area contributed by atoms with Gasteiger partial charge in [-0.05, 0) is 12.1 Å². The maximum Gasteiger partial charge on any atom is 0.270 e. The van der Waals surface area contributed by atoms with Crippen LogP contribution in [0.15, 0.2) is 30.3 Å². The Labute approximate surface area is 166 Å². The number of ether oxygens (including phenoxy) is 3. The first kappa shape index (κ1) is 21.3. The fourth-order valence-electron chi connectivity index (χ4n) is 2.42. The maximum absolute atomic E-state index is 12.8. The summed E-state index contributed by atoms with van der Waals surface area (Å²) in [6.45, 7) is 0.826. The van der Waals surface area contributed by atoms with E-state index >= 15 is 0 Å². The zero-order chi connectivity index (χ0) is 20.7. The molecular formula is C18H20ClN3O6. The number of methoxy groups -OCH3 is 3. The molecule has 0 bridgehead atoms. The van der Waals surface area contributed by atoms with Crippen LogP contribution in [0, 0.1) is 10.1 Å². The molecule has 0 aliphatic carbocycles. The zero-order valence-corrected chi connectivity index (χ0v) is 16.3. The molecule has 0 aliphatic rings. The van der Waals surface area contributed by atoms with Crippen molar-refractivity contribution in [3.05, 3.63) is 51.0 Å². The molecule has 0 fully saturated rings. The third-order valence-corrected chi connectivity index (χ3v) is 4.10. The summed E-state index contributed by atoms with van der Waals surface area (Å²) in [5.74, 6) is 0.144. The Hall–Kier alpha value is -3.04. The van der Waals surface area contributed by atoms with Gasteiger partial charge in [0.2, 0.25) is 0 Å². The number of nitrogens with one attached hydrogen (secondary N) is 2. The summed E-state index contributed by atoms with van der Waals surface area (Å²) in [7, 11) is 4.44. The molecule has 2 N–H and O–H groups in total. The first-order valence-electron chi connectivity index (χ1n) is 8.15. The lowest BCUT2D eigenvalue weighted by molar-refractivity contribution is -0.384. The van der Waals surface area contributed by atoms with Crippen LogP contribution < -0.4 is 20.1 Å². The van der Waals surface area contributed by atoms with Crippen molar-refractivity contribution in [2.75, 3.05) is 45.1 Å². The lowest BCUT2D eigenvalue weighted by Gasteiger charge is -2.15. The van der Waals surface area contributed by atoms with E-state index in [4.69, 9.17) is 25.8 Å². The van der Waals surface area contributed by atoms with E-state index in [2.05, 4.69) is 10.6 Å². The smallest absolute Gasteiger partial charge is 0.270 e. The molecule has 0 aromatic heterocycles. The molecule has 9 nitrogen and oxygen atoms in total. The summed E-state index contributed by atoms with van der Waals surface area (Å²) in [6, 6.07) is 7.00. The molecule has 0 unspecified atom stereocenters. The van der Waals surface area contributed by atoms with Gasteiger partial charge >= 0.3 is 0 Å². The Morgan fingerprint density at radius 3 is 2.43 bits per heavy atom. The van der Waals surface area contributed by atoms with Crippen LogP contribution in [0.5, 0.6) is 11.5 Å². The van der Waals surface area contributed by atoms with E-state index in [0.717, 1.165) is 0 Å². The van der Waals surface area contributed by atoms with E-state index in [1.54, 1.807) is 7.11 Å². The molecule has 10 heteroatoms. The first-order chi connectivity index (χ1) is 13.4. The second-order valence-corrected chi connectivity index (χ2v) is 5.95. The number of halogens is 1. The van der Waals surface area contributed by atoms with Crippen molar-refractivity contribution in [3.8, 4) is 11.5 Å². The van der Waals surface area contributed by atoms with Crippen molar-refractivity contribution in [1.82, 2.24) is 0 Å². The molecule has 0 atom stereocenters. The Morgan fingerprint density at radius 2 is 1.82 bits per heavy atom. The molecule has 2 aromatic carbocycles. The molecule has 2 rings (SSSR count). The molecule has 2 aromatic rings. The average Bonchev–Trinajstić information content (AvgIpc) is 2.68. The van der Waals surface area contributed by atoms with Crippen LogP contribution in [0.2, 0.25) is 5.02 Å². The van der Waals surface area contributed by atoms with Gasteiger partial charge in [0.1, 0.15) is 11.5 Å². The predicted molar refractivity (Wildman–Crippen MR) is 106 cm³/mol. The third kappa shape index (κ3) is 5.02. The van der Waals surface area contributed by atoms with Crippen LogP contribution in [-0.4, -0.2) is 45.3 Å². The van der Waals surface area contributed by atoms with Gasteiger partial charge in [0, 0.05) is 37.5 Å². The minimum absolute atomic E-state index is 0.0966. The number of anilines is 2. The molecule has 1 amide bonds. The highest BCUT2D eigenvalue weighted by atomic mass is 35.5. The van der Waals surface area contributed by atoms with Crippen LogP contribution in [0.3, 0.4) is 0 Å². The number of non-ortho nitro benzene ring substituents is 1. The Morgan fingerprint density at radius 1 is 1.11 bits per heavy atom. The number of nitrogens with zero attached hydrogens (tertiary/aromatic N) is 1. The van der Waals surface area contributed by atoms with E-state index in [9.17, 15) is 14.9 Å². The summed E-state index contributed by atoms with van der Waals surface area (Å²) in [5, 5.41) is 17.1. The van der Waals surface area contributed by atoms with Crippen molar-refractivity contribution in [3.63, 3.8) is 0 Å². The predicted octanol–water partition coefficient (Wildman–Crippen LogP) is 3.58. The van der Waals surface area contributed by atoms with E-state index in [1.807, 2.05) is 0 Å². The van der Waals surface area contributed by atoms with E-state index < -0.39 is 10.8 Å². The second kappa shape index (κ2) is 9.77. The van der Waals surface area contributed by atoms with Gasteiger partial charge in [0.25, 0.3) is 11.6 Å². The molecule has 28 heavy (non-hydrogen) atoms. The number of nitro groups is 1. The highest BCUT2D eigenvalue weighted by Crippen LogP contribution is 2.36. The highest BCUT2D eigenvalue weighted by molar-refractivity contribution is 6.32. The van der Waals surface area contributed by atoms with E-state index in [0.29, 0.717) is 36.0 Å². The second-order valence-electron chi connectivity index (χ2n) is 5.55. The van der Waals surface area contributed by atoms with Gasteiger partial charge in [-0.2, -0.15) is 0 Å². The Bertz CT molecular complexity index is 875. The number of rotatable bonds is 9. The molecule has 0 saturated carbocycles. The number of amides is 1. The van der Waals surface area contributed by atoms with Gasteiger partial charge in [-0.3, -0.25) is 14.9 Å². The molecule has 0 heterocycles. The topological polar surface area (TPSA) is 112 Å².